The van der Waals surface area contributed by atoms with Crippen LogP contribution in [0.1, 0.15) is 25.3 Å². The maximum absolute atomic E-state index is 13.3. The molecule has 0 radical (unpaired) electrons. The first-order valence-corrected chi connectivity index (χ1v) is 7.82. The van der Waals surface area contributed by atoms with Crippen LogP contribution < -0.4 is 5.73 Å². The van der Waals surface area contributed by atoms with E-state index in [0.29, 0.717) is 24.6 Å². The molecule has 1 aromatic rings. The molecule has 1 fully saturated rings. The summed E-state index contributed by atoms with van der Waals surface area (Å²) in [4.78, 5) is 0.112. The van der Waals surface area contributed by atoms with E-state index in [0.717, 1.165) is 12.8 Å². The molecule has 1 aliphatic rings. The van der Waals surface area contributed by atoms with Gasteiger partial charge in [-0.15, -0.1) is 0 Å². The highest BCUT2D eigenvalue weighted by molar-refractivity contribution is 7.89. The van der Waals surface area contributed by atoms with Crippen LogP contribution in [0.5, 0.6) is 0 Å². The second kappa shape index (κ2) is 5.09. The number of sulfonamides is 1. The summed E-state index contributed by atoms with van der Waals surface area (Å²) in [6.07, 6.45) is 1.71. The molecule has 1 aromatic carbocycles. The quantitative estimate of drug-likeness (QED) is 0.847. The minimum atomic E-state index is -3.57. The first kappa shape index (κ1) is 14.3. The zero-order chi connectivity index (χ0) is 14.2. The van der Waals surface area contributed by atoms with Crippen LogP contribution in [0.2, 0.25) is 0 Å². The highest BCUT2D eigenvalue weighted by Crippen LogP contribution is 2.27. The van der Waals surface area contributed by atoms with Crippen LogP contribution in [0.15, 0.2) is 17.0 Å². The van der Waals surface area contributed by atoms with Crippen molar-refractivity contribution in [2.75, 3.05) is 18.8 Å². The molecule has 0 saturated carbocycles. The first-order chi connectivity index (χ1) is 8.82. The summed E-state index contributed by atoms with van der Waals surface area (Å²) in [6, 6.07) is 2.40. The molecule has 2 rings (SSSR count). The third-order valence-corrected chi connectivity index (χ3v) is 5.70. The van der Waals surface area contributed by atoms with Gasteiger partial charge in [0.15, 0.2) is 0 Å². The molecule has 0 spiro atoms. The van der Waals surface area contributed by atoms with E-state index in [9.17, 15) is 12.8 Å². The van der Waals surface area contributed by atoms with Crippen molar-refractivity contribution < 1.29 is 12.8 Å². The van der Waals surface area contributed by atoms with E-state index < -0.39 is 15.8 Å². The Balaban J connectivity index is 2.37. The van der Waals surface area contributed by atoms with Gasteiger partial charge in [0.05, 0.1) is 10.6 Å². The maximum Gasteiger partial charge on any atom is 0.243 e. The summed E-state index contributed by atoms with van der Waals surface area (Å²) in [6.45, 7) is 4.73. The van der Waals surface area contributed by atoms with Gasteiger partial charge in [0.1, 0.15) is 5.82 Å². The lowest BCUT2D eigenvalue weighted by atomic mass is 10.0. The number of piperidine rings is 1. The van der Waals surface area contributed by atoms with Gasteiger partial charge in [-0.25, -0.2) is 12.8 Å². The molecule has 4 nitrogen and oxygen atoms in total. The Morgan fingerprint density at radius 3 is 2.47 bits per heavy atom. The van der Waals surface area contributed by atoms with E-state index in [1.54, 1.807) is 6.92 Å². The van der Waals surface area contributed by atoms with Gasteiger partial charge in [0.25, 0.3) is 0 Å². The summed E-state index contributed by atoms with van der Waals surface area (Å²) < 4.78 is 39.8. The number of anilines is 1. The Morgan fingerprint density at radius 2 is 1.89 bits per heavy atom. The summed E-state index contributed by atoms with van der Waals surface area (Å²) >= 11 is 0. The lowest BCUT2D eigenvalue weighted by Crippen LogP contribution is -2.38. The molecule has 0 aliphatic carbocycles. The van der Waals surface area contributed by atoms with E-state index >= 15 is 0 Å². The van der Waals surface area contributed by atoms with Crippen molar-refractivity contribution >= 4 is 15.7 Å². The van der Waals surface area contributed by atoms with Crippen molar-refractivity contribution in [3.63, 3.8) is 0 Å². The zero-order valence-corrected chi connectivity index (χ0v) is 12.0. The Bertz CT molecular complexity index is 579. The summed E-state index contributed by atoms with van der Waals surface area (Å²) in [5, 5.41) is 0. The van der Waals surface area contributed by atoms with Crippen LogP contribution >= 0.6 is 0 Å². The molecule has 2 N–H and O–H groups in total. The second-order valence-electron chi connectivity index (χ2n) is 5.23. The number of aryl methyl sites for hydroxylation is 1. The van der Waals surface area contributed by atoms with Crippen molar-refractivity contribution in [3.05, 3.63) is 23.5 Å². The number of nitrogen functional groups attached to an aromatic ring is 1. The maximum atomic E-state index is 13.3. The molecule has 1 heterocycles. The number of rotatable bonds is 2. The van der Waals surface area contributed by atoms with Gasteiger partial charge < -0.3 is 5.73 Å². The first-order valence-electron chi connectivity index (χ1n) is 6.38. The highest BCUT2D eigenvalue weighted by atomic mass is 32.2. The summed E-state index contributed by atoms with van der Waals surface area (Å²) in [5.74, 6) is -0.0328. The molecular formula is C13H19FN2O2S. The van der Waals surface area contributed by atoms with Crippen LogP contribution in [0.3, 0.4) is 0 Å². The van der Waals surface area contributed by atoms with Crippen molar-refractivity contribution in [1.82, 2.24) is 4.31 Å². The molecule has 1 saturated heterocycles. The lowest BCUT2D eigenvalue weighted by Gasteiger charge is -2.30. The number of nitrogens with zero attached hydrogens (tertiary/aromatic N) is 1. The van der Waals surface area contributed by atoms with E-state index in [4.69, 9.17) is 5.73 Å². The number of benzene rings is 1. The number of nitrogens with two attached hydrogens (primary N) is 1. The fraction of sp³-hybridized carbons (Fsp3) is 0.538. The Labute approximate surface area is 113 Å². The second-order valence-corrected chi connectivity index (χ2v) is 7.13. The molecule has 0 aromatic heterocycles. The molecular weight excluding hydrogens is 267 g/mol. The Kier molecular flexibility index (Phi) is 3.82. The minimum absolute atomic E-state index is 0.112. The van der Waals surface area contributed by atoms with E-state index in [2.05, 4.69) is 6.92 Å². The Morgan fingerprint density at radius 1 is 1.32 bits per heavy atom. The SMILES string of the molecule is Cc1cc(F)c(N)cc1S(=O)(=O)N1CCC(C)CC1. The van der Waals surface area contributed by atoms with Crippen LogP contribution in [-0.4, -0.2) is 25.8 Å². The average Bonchev–Trinajstić information content (AvgIpc) is 2.34. The number of halogens is 1. The number of hydrogen-bond donors (Lipinski definition) is 1. The van der Waals surface area contributed by atoms with Crippen LogP contribution in [-0.2, 0) is 10.0 Å². The van der Waals surface area contributed by atoms with Gasteiger partial charge in [-0.2, -0.15) is 4.31 Å². The van der Waals surface area contributed by atoms with Crippen LogP contribution in [0.25, 0.3) is 0 Å². The smallest absolute Gasteiger partial charge is 0.243 e. The predicted octanol–water partition coefficient (Wildman–Crippen LogP) is 2.14. The van der Waals surface area contributed by atoms with E-state index in [1.165, 1.54) is 16.4 Å². The van der Waals surface area contributed by atoms with Crippen LogP contribution in [0, 0.1) is 18.7 Å². The molecule has 0 amide bonds. The molecule has 0 bridgehead atoms. The van der Waals surface area contributed by atoms with Crippen molar-refractivity contribution in [3.8, 4) is 0 Å². The molecule has 0 unspecified atom stereocenters. The predicted molar refractivity (Wildman–Crippen MR) is 72.7 cm³/mol. The fourth-order valence-electron chi connectivity index (χ4n) is 2.31. The fourth-order valence-corrected chi connectivity index (χ4v) is 4.02. The van der Waals surface area contributed by atoms with Gasteiger partial charge in [-0.05, 0) is 43.4 Å². The van der Waals surface area contributed by atoms with Crippen molar-refractivity contribution in [2.24, 2.45) is 5.92 Å². The van der Waals surface area contributed by atoms with Gasteiger partial charge in [0, 0.05) is 13.1 Å². The summed E-state index contributed by atoms with van der Waals surface area (Å²) in [5.41, 5.74) is 5.74. The lowest BCUT2D eigenvalue weighted by molar-refractivity contribution is 0.288. The van der Waals surface area contributed by atoms with Crippen molar-refractivity contribution in [1.29, 1.82) is 0 Å². The Hall–Kier alpha value is -1.14. The monoisotopic (exact) mass is 286 g/mol. The molecule has 19 heavy (non-hydrogen) atoms. The molecule has 106 valence electrons. The molecule has 0 atom stereocenters. The van der Waals surface area contributed by atoms with E-state index in [1.807, 2.05) is 0 Å². The van der Waals surface area contributed by atoms with Gasteiger partial charge in [-0.1, -0.05) is 6.92 Å². The third kappa shape index (κ3) is 2.74. The number of hydrogen-bond acceptors (Lipinski definition) is 3. The van der Waals surface area contributed by atoms with E-state index in [-0.39, 0.29) is 10.6 Å². The normalized spacial score (nSPS) is 18.7. The summed E-state index contributed by atoms with van der Waals surface area (Å²) in [7, 11) is -3.57. The standard InChI is InChI=1S/C13H19FN2O2S/c1-9-3-5-16(6-4-9)19(17,18)13-8-12(15)11(14)7-10(13)2/h7-9H,3-6,15H2,1-2H3. The van der Waals surface area contributed by atoms with Gasteiger partial charge in [0.2, 0.25) is 10.0 Å². The topological polar surface area (TPSA) is 63.4 Å². The highest BCUT2D eigenvalue weighted by Gasteiger charge is 2.29. The van der Waals surface area contributed by atoms with Gasteiger partial charge in [-0.3, -0.25) is 0 Å². The van der Waals surface area contributed by atoms with Crippen LogP contribution in [0.4, 0.5) is 10.1 Å². The van der Waals surface area contributed by atoms with Crippen molar-refractivity contribution in [2.45, 2.75) is 31.6 Å². The molecule has 6 heteroatoms. The average molecular weight is 286 g/mol. The minimum Gasteiger partial charge on any atom is -0.396 e. The largest absolute Gasteiger partial charge is 0.396 e. The third-order valence-electron chi connectivity index (χ3n) is 3.65. The zero-order valence-electron chi connectivity index (χ0n) is 11.2. The molecule has 1 aliphatic heterocycles. The van der Waals surface area contributed by atoms with Gasteiger partial charge >= 0.3 is 0 Å².